The maximum Gasteiger partial charge on any atom is 0.161 e. The molecule has 1 aliphatic heterocycles. The number of carbonyl (C=O) groups is 1. The molecule has 2 heterocycles. The van der Waals surface area contributed by atoms with E-state index < -0.39 is 0 Å². The number of nitrogens with zero attached hydrogens (tertiary/aromatic N) is 1. The van der Waals surface area contributed by atoms with Gasteiger partial charge in [-0.3, -0.25) is 4.79 Å². The quantitative estimate of drug-likeness (QED) is 0.807. The molecule has 0 bridgehead atoms. The van der Waals surface area contributed by atoms with E-state index in [1.54, 1.807) is 6.20 Å². The van der Waals surface area contributed by atoms with Gasteiger partial charge in [-0.25, -0.2) is 4.98 Å². The van der Waals surface area contributed by atoms with Crippen LogP contribution < -0.4 is 0 Å². The van der Waals surface area contributed by atoms with Crippen molar-refractivity contribution in [1.82, 2.24) is 4.98 Å². The summed E-state index contributed by atoms with van der Waals surface area (Å²) >= 11 is 1.50. The number of ether oxygens (including phenoxy) is 1. The monoisotopic (exact) mass is 273 g/mol. The van der Waals surface area contributed by atoms with Gasteiger partial charge in [-0.05, 0) is 18.4 Å². The predicted octanol–water partition coefficient (Wildman–Crippen LogP) is 3.05. The Kier molecular flexibility index (Phi) is 3.44. The molecular weight excluding hydrogens is 258 g/mol. The molecule has 0 N–H and O–H groups in total. The Balaban J connectivity index is 2.08. The van der Waals surface area contributed by atoms with E-state index in [1.807, 2.05) is 6.07 Å². The fourth-order valence-electron chi connectivity index (χ4n) is 2.67. The normalized spacial score (nSPS) is 18.1. The molecule has 0 amide bonds. The molecule has 0 aliphatic carbocycles. The topological polar surface area (TPSA) is 39.2 Å². The fourth-order valence-corrected chi connectivity index (χ4v) is 3.66. The Labute approximate surface area is 116 Å². The van der Waals surface area contributed by atoms with Crippen LogP contribution in [0.4, 0.5) is 0 Å². The standard InChI is InChI=1S/C15H15NO2S/c17-11-13-10-16-14(19-13)15(6-8-18-9-7-15)12-4-2-1-3-5-12/h1-5,10-11H,6-9H2. The first-order chi connectivity index (χ1) is 9.35. The summed E-state index contributed by atoms with van der Waals surface area (Å²) < 4.78 is 5.51. The molecule has 19 heavy (non-hydrogen) atoms. The number of aldehydes is 1. The predicted molar refractivity (Wildman–Crippen MR) is 74.8 cm³/mol. The number of carbonyl (C=O) groups excluding carboxylic acids is 1. The van der Waals surface area contributed by atoms with Crippen LogP contribution in [0.2, 0.25) is 0 Å². The number of hydrogen-bond acceptors (Lipinski definition) is 4. The molecule has 3 nitrogen and oxygen atoms in total. The molecule has 2 aromatic rings. The fraction of sp³-hybridized carbons (Fsp3) is 0.333. The maximum atomic E-state index is 10.9. The van der Waals surface area contributed by atoms with Crippen molar-refractivity contribution in [2.24, 2.45) is 0 Å². The average Bonchev–Trinajstić information content (AvgIpc) is 2.98. The summed E-state index contributed by atoms with van der Waals surface area (Å²) in [4.78, 5) is 16.1. The molecule has 0 atom stereocenters. The van der Waals surface area contributed by atoms with Crippen LogP contribution in [-0.4, -0.2) is 24.5 Å². The zero-order valence-corrected chi connectivity index (χ0v) is 11.4. The minimum Gasteiger partial charge on any atom is -0.381 e. The van der Waals surface area contributed by atoms with Crippen LogP contribution in [0.15, 0.2) is 36.5 Å². The van der Waals surface area contributed by atoms with Gasteiger partial charge in [-0.1, -0.05) is 30.3 Å². The van der Waals surface area contributed by atoms with Crippen molar-refractivity contribution in [1.29, 1.82) is 0 Å². The van der Waals surface area contributed by atoms with Gasteiger partial charge in [-0.15, -0.1) is 11.3 Å². The summed E-state index contributed by atoms with van der Waals surface area (Å²) in [5.74, 6) is 0. The van der Waals surface area contributed by atoms with Gasteiger partial charge in [-0.2, -0.15) is 0 Å². The summed E-state index contributed by atoms with van der Waals surface area (Å²) in [7, 11) is 0. The Bertz CT molecular complexity index is 559. The first kappa shape index (κ1) is 12.5. The minimum atomic E-state index is -0.0918. The van der Waals surface area contributed by atoms with Crippen LogP contribution in [-0.2, 0) is 10.2 Å². The molecule has 0 unspecified atom stereocenters. The van der Waals surface area contributed by atoms with Crippen LogP contribution >= 0.6 is 11.3 Å². The summed E-state index contributed by atoms with van der Waals surface area (Å²) in [6, 6.07) is 10.4. The van der Waals surface area contributed by atoms with E-state index in [4.69, 9.17) is 4.74 Å². The third-order valence-corrected chi connectivity index (χ3v) is 4.85. The number of benzene rings is 1. The van der Waals surface area contributed by atoms with Gasteiger partial charge in [0.2, 0.25) is 0 Å². The van der Waals surface area contributed by atoms with Crippen molar-refractivity contribution in [3.05, 3.63) is 52.0 Å². The Morgan fingerprint density at radius 1 is 1.21 bits per heavy atom. The molecule has 4 heteroatoms. The first-order valence-electron chi connectivity index (χ1n) is 6.40. The molecular formula is C15H15NO2S. The van der Waals surface area contributed by atoms with E-state index in [0.29, 0.717) is 4.88 Å². The Morgan fingerprint density at radius 2 is 1.95 bits per heavy atom. The highest BCUT2D eigenvalue weighted by Crippen LogP contribution is 2.42. The van der Waals surface area contributed by atoms with E-state index in [9.17, 15) is 4.79 Å². The molecule has 1 aromatic carbocycles. The second-order valence-electron chi connectivity index (χ2n) is 4.75. The second-order valence-corrected chi connectivity index (χ2v) is 5.81. The van der Waals surface area contributed by atoms with E-state index >= 15 is 0 Å². The van der Waals surface area contributed by atoms with Crippen LogP contribution in [0, 0.1) is 0 Å². The summed E-state index contributed by atoms with van der Waals surface area (Å²) in [6.45, 7) is 1.48. The summed E-state index contributed by atoms with van der Waals surface area (Å²) in [6.07, 6.45) is 4.39. The van der Waals surface area contributed by atoms with Gasteiger partial charge < -0.3 is 4.74 Å². The van der Waals surface area contributed by atoms with Crippen molar-refractivity contribution in [2.75, 3.05) is 13.2 Å². The zero-order chi connectivity index (χ0) is 13.1. The summed E-state index contributed by atoms with van der Waals surface area (Å²) in [5, 5.41) is 1.03. The lowest BCUT2D eigenvalue weighted by atomic mass is 9.75. The zero-order valence-electron chi connectivity index (χ0n) is 10.5. The van der Waals surface area contributed by atoms with E-state index in [1.165, 1.54) is 16.9 Å². The van der Waals surface area contributed by atoms with Crippen LogP contribution in [0.1, 0.15) is 33.1 Å². The van der Waals surface area contributed by atoms with Crippen molar-refractivity contribution in [3.63, 3.8) is 0 Å². The number of rotatable bonds is 3. The highest BCUT2D eigenvalue weighted by atomic mass is 32.1. The molecule has 1 aliphatic rings. The summed E-state index contributed by atoms with van der Waals surface area (Å²) in [5.41, 5.74) is 1.18. The molecule has 3 rings (SSSR count). The Hall–Kier alpha value is -1.52. The van der Waals surface area contributed by atoms with Gasteiger partial charge in [0.05, 0.1) is 10.3 Å². The molecule has 0 spiro atoms. The minimum absolute atomic E-state index is 0.0918. The van der Waals surface area contributed by atoms with Gasteiger partial charge in [0.15, 0.2) is 6.29 Å². The molecule has 98 valence electrons. The van der Waals surface area contributed by atoms with Crippen LogP contribution in [0.25, 0.3) is 0 Å². The molecule has 0 radical (unpaired) electrons. The van der Waals surface area contributed by atoms with Gasteiger partial charge in [0.25, 0.3) is 0 Å². The number of thiazole rings is 1. The molecule has 0 saturated carbocycles. The maximum absolute atomic E-state index is 10.9. The SMILES string of the molecule is O=Cc1cnc(C2(c3ccccc3)CCOCC2)s1. The largest absolute Gasteiger partial charge is 0.381 e. The van der Waals surface area contributed by atoms with Crippen molar-refractivity contribution in [2.45, 2.75) is 18.3 Å². The van der Waals surface area contributed by atoms with Crippen molar-refractivity contribution >= 4 is 17.6 Å². The lowest BCUT2D eigenvalue weighted by molar-refractivity contribution is 0.0630. The Morgan fingerprint density at radius 3 is 2.58 bits per heavy atom. The lowest BCUT2D eigenvalue weighted by Crippen LogP contribution is -2.34. The van der Waals surface area contributed by atoms with E-state index in [2.05, 4.69) is 29.2 Å². The van der Waals surface area contributed by atoms with Gasteiger partial charge in [0.1, 0.15) is 5.01 Å². The lowest BCUT2D eigenvalue weighted by Gasteiger charge is -2.36. The van der Waals surface area contributed by atoms with E-state index in [0.717, 1.165) is 37.3 Å². The second kappa shape index (κ2) is 5.23. The molecule has 1 fully saturated rings. The van der Waals surface area contributed by atoms with Crippen molar-refractivity contribution < 1.29 is 9.53 Å². The molecule has 1 aromatic heterocycles. The van der Waals surface area contributed by atoms with Crippen molar-refractivity contribution in [3.8, 4) is 0 Å². The first-order valence-corrected chi connectivity index (χ1v) is 7.21. The smallest absolute Gasteiger partial charge is 0.161 e. The third kappa shape index (κ3) is 2.22. The van der Waals surface area contributed by atoms with Crippen LogP contribution in [0.5, 0.6) is 0 Å². The number of aromatic nitrogens is 1. The number of hydrogen-bond donors (Lipinski definition) is 0. The highest BCUT2D eigenvalue weighted by Gasteiger charge is 2.38. The average molecular weight is 273 g/mol. The van der Waals surface area contributed by atoms with Gasteiger partial charge in [0, 0.05) is 19.4 Å². The van der Waals surface area contributed by atoms with Crippen LogP contribution in [0.3, 0.4) is 0 Å². The highest BCUT2D eigenvalue weighted by molar-refractivity contribution is 7.13. The third-order valence-electron chi connectivity index (χ3n) is 3.72. The molecule has 1 saturated heterocycles. The van der Waals surface area contributed by atoms with Gasteiger partial charge >= 0.3 is 0 Å². The van der Waals surface area contributed by atoms with E-state index in [-0.39, 0.29) is 5.41 Å².